The summed E-state index contributed by atoms with van der Waals surface area (Å²) >= 11 is 0. The summed E-state index contributed by atoms with van der Waals surface area (Å²) in [6.45, 7) is 15.0. The van der Waals surface area contributed by atoms with Crippen LogP contribution in [-0.4, -0.2) is 41.8 Å². The van der Waals surface area contributed by atoms with E-state index in [9.17, 15) is 19.2 Å². The number of hydrogen-bond acceptors (Lipinski definition) is 7. The highest BCUT2D eigenvalue weighted by Crippen LogP contribution is 2.62. The van der Waals surface area contributed by atoms with Gasteiger partial charge in [-0.15, -0.1) is 0 Å². The van der Waals surface area contributed by atoms with E-state index in [4.69, 9.17) is 14.2 Å². The van der Waals surface area contributed by atoms with Crippen molar-refractivity contribution in [2.24, 2.45) is 29.1 Å². The van der Waals surface area contributed by atoms with Gasteiger partial charge in [0.15, 0.2) is 11.9 Å². The Labute approximate surface area is 224 Å². The Balaban J connectivity index is 1.91. The van der Waals surface area contributed by atoms with Crippen LogP contribution < -0.4 is 4.74 Å². The number of aldehydes is 1. The van der Waals surface area contributed by atoms with Gasteiger partial charge < -0.3 is 14.2 Å². The molecule has 7 unspecified atom stereocenters. The van der Waals surface area contributed by atoms with Crippen molar-refractivity contribution in [1.29, 1.82) is 0 Å². The maximum Gasteiger partial charge on any atom is 0.303 e. The van der Waals surface area contributed by atoms with Crippen molar-refractivity contribution in [3.05, 3.63) is 53.6 Å². The van der Waals surface area contributed by atoms with Gasteiger partial charge in [0.1, 0.15) is 18.0 Å². The number of esters is 2. The Kier molecular flexibility index (Phi) is 7.43. The van der Waals surface area contributed by atoms with Crippen LogP contribution in [0.5, 0.6) is 5.75 Å². The van der Waals surface area contributed by atoms with Crippen LogP contribution in [0.15, 0.2) is 48.1 Å². The van der Waals surface area contributed by atoms with Gasteiger partial charge in [-0.2, -0.15) is 0 Å². The van der Waals surface area contributed by atoms with Crippen LogP contribution in [-0.2, 0) is 23.9 Å². The molecule has 204 valence electrons. The van der Waals surface area contributed by atoms with Crippen molar-refractivity contribution in [1.82, 2.24) is 0 Å². The first kappa shape index (κ1) is 27.8. The number of carbonyl (C=O) groups excluding carboxylic acids is 4. The Hall–Kier alpha value is -3.22. The number of ether oxygens (including phenoxy) is 3. The number of carbonyl (C=O) groups is 4. The summed E-state index contributed by atoms with van der Waals surface area (Å²) in [5.41, 5.74) is -0.0731. The summed E-state index contributed by atoms with van der Waals surface area (Å²) in [7, 11) is 0. The molecular formula is C31H38O7. The van der Waals surface area contributed by atoms with Crippen molar-refractivity contribution in [2.75, 3.05) is 0 Å². The molecule has 1 aromatic carbocycles. The maximum absolute atomic E-state index is 14.4. The van der Waals surface area contributed by atoms with Gasteiger partial charge in [0.25, 0.3) is 0 Å². The zero-order valence-corrected chi connectivity index (χ0v) is 23.1. The van der Waals surface area contributed by atoms with Gasteiger partial charge in [-0.05, 0) is 66.2 Å². The fourth-order valence-corrected chi connectivity index (χ4v) is 6.86. The van der Waals surface area contributed by atoms with Crippen LogP contribution in [0.2, 0.25) is 0 Å². The van der Waals surface area contributed by atoms with Crippen LogP contribution >= 0.6 is 0 Å². The van der Waals surface area contributed by atoms with Crippen molar-refractivity contribution < 1.29 is 33.4 Å². The molecule has 3 aliphatic rings. The van der Waals surface area contributed by atoms with Gasteiger partial charge in [0.2, 0.25) is 5.78 Å². The summed E-state index contributed by atoms with van der Waals surface area (Å²) in [4.78, 5) is 51.1. The minimum Gasteiger partial charge on any atom is -0.489 e. The Morgan fingerprint density at radius 2 is 1.82 bits per heavy atom. The minimum absolute atomic E-state index is 0.0269. The highest BCUT2D eigenvalue weighted by atomic mass is 16.6. The molecule has 2 fully saturated rings. The second-order valence-electron chi connectivity index (χ2n) is 11.8. The SMILES string of the molecule is C=C1CCC2C(C=C(C)C(=O)C3(OC(C)=O)CC(C)C(Oc4ccccc4C=O)C3C1OC(C)=O)C2(C)C. The highest BCUT2D eigenvalue weighted by Gasteiger charge is 2.65. The fraction of sp³-hybridized carbons (Fsp3) is 0.548. The van der Waals surface area contributed by atoms with Crippen LogP contribution in [0.1, 0.15) is 71.2 Å². The fourth-order valence-electron chi connectivity index (χ4n) is 6.86. The van der Waals surface area contributed by atoms with Crippen molar-refractivity contribution in [3.63, 3.8) is 0 Å². The topological polar surface area (TPSA) is 96.0 Å². The van der Waals surface area contributed by atoms with E-state index in [1.807, 2.05) is 13.0 Å². The lowest BCUT2D eigenvalue weighted by Crippen LogP contribution is -2.55. The molecule has 0 heterocycles. The predicted molar refractivity (Wildman–Crippen MR) is 141 cm³/mol. The molecule has 38 heavy (non-hydrogen) atoms. The van der Waals surface area contributed by atoms with E-state index in [1.165, 1.54) is 13.8 Å². The third-order valence-corrected chi connectivity index (χ3v) is 8.82. The molecule has 2 saturated carbocycles. The number of para-hydroxylation sites is 1. The third kappa shape index (κ3) is 4.83. The Bertz CT molecular complexity index is 1190. The molecule has 0 aromatic heterocycles. The average Bonchev–Trinajstić information content (AvgIpc) is 3.24. The number of benzene rings is 1. The quantitative estimate of drug-likeness (QED) is 0.295. The molecule has 7 heteroatoms. The zero-order valence-electron chi connectivity index (χ0n) is 23.1. The number of ketones is 1. The molecule has 0 spiro atoms. The highest BCUT2D eigenvalue weighted by molar-refractivity contribution is 6.03. The Morgan fingerprint density at radius 1 is 1.13 bits per heavy atom. The number of fused-ring (bicyclic) bond motifs is 2. The molecule has 0 amide bonds. The van der Waals surface area contributed by atoms with E-state index in [0.717, 1.165) is 6.42 Å². The number of allylic oxidation sites excluding steroid dienone is 1. The molecular weight excluding hydrogens is 484 g/mol. The van der Waals surface area contributed by atoms with Gasteiger partial charge in [-0.1, -0.05) is 45.6 Å². The van der Waals surface area contributed by atoms with E-state index in [2.05, 4.69) is 20.4 Å². The van der Waals surface area contributed by atoms with Gasteiger partial charge in [-0.25, -0.2) is 0 Å². The summed E-state index contributed by atoms with van der Waals surface area (Å²) in [6.07, 6.45) is 2.68. The van der Waals surface area contributed by atoms with E-state index in [-0.39, 0.29) is 29.5 Å². The largest absolute Gasteiger partial charge is 0.489 e. The molecule has 3 aliphatic carbocycles. The number of rotatable bonds is 5. The van der Waals surface area contributed by atoms with E-state index in [0.29, 0.717) is 41.1 Å². The molecule has 0 radical (unpaired) electrons. The van der Waals surface area contributed by atoms with Crippen LogP contribution in [0.4, 0.5) is 0 Å². The summed E-state index contributed by atoms with van der Waals surface area (Å²) in [5, 5.41) is 0. The smallest absolute Gasteiger partial charge is 0.303 e. The number of Topliss-reactive ketones (excluding diaryl/α,β-unsaturated/α-hetero) is 1. The monoisotopic (exact) mass is 522 g/mol. The van der Waals surface area contributed by atoms with Gasteiger partial charge >= 0.3 is 11.9 Å². The van der Waals surface area contributed by atoms with Crippen LogP contribution in [0, 0.1) is 29.1 Å². The maximum atomic E-state index is 14.4. The van der Waals surface area contributed by atoms with Crippen molar-refractivity contribution >= 4 is 24.0 Å². The molecule has 4 rings (SSSR count). The predicted octanol–water partition coefficient (Wildman–Crippen LogP) is 5.27. The van der Waals surface area contributed by atoms with Gasteiger partial charge in [-0.3, -0.25) is 19.2 Å². The summed E-state index contributed by atoms with van der Waals surface area (Å²) < 4.78 is 18.4. The first-order valence-electron chi connectivity index (χ1n) is 13.3. The molecule has 0 aliphatic heterocycles. The first-order valence-corrected chi connectivity index (χ1v) is 13.3. The van der Waals surface area contributed by atoms with Gasteiger partial charge in [0.05, 0.1) is 11.5 Å². The zero-order chi connectivity index (χ0) is 28.0. The lowest BCUT2D eigenvalue weighted by Gasteiger charge is -2.40. The minimum atomic E-state index is -1.63. The molecule has 0 N–H and O–H groups in total. The molecule has 7 atom stereocenters. The second-order valence-corrected chi connectivity index (χ2v) is 11.8. The van der Waals surface area contributed by atoms with E-state index in [1.54, 1.807) is 31.2 Å². The molecule has 0 bridgehead atoms. The van der Waals surface area contributed by atoms with Crippen LogP contribution in [0.3, 0.4) is 0 Å². The molecule has 0 saturated heterocycles. The van der Waals surface area contributed by atoms with E-state index < -0.39 is 35.7 Å². The summed E-state index contributed by atoms with van der Waals surface area (Å²) in [6, 6.07) is 6.82. The lowest BCUT2D eigenvalue weighted by atomic mass is 9.76. The second kappa shape index (κ2) is 10.2. The van der Waals surface area contributed by atoms with Crippen molar-refractivity contribution in [3.8, 4) is 5.75 Å². The van der Waals surface area contributed by atoms with Crippen molar-refractivity contribution in [2.45, 2.75) is 78.6 Å². The standard InChI is InChI=1S/C31H38O7/c1-17-12-13-23-24(30(23,6)7)14-18(2)29(35)31(38-21(5)34)15-19(3)28(26(31)27(17)36-20(4)33)37-25-11-9-8-10-22(25)16-32/h8-11,14,16,19,23-24,26-28H,1,12-13,15H2,2-7H3. The van der Waals surface area contributed by atoms with Gasteiger partial charge in [0, 0.05) is 20.3 Å². The third-order valence-electron chi connectivity index (χ3n) is 8.82. The number of hydrogen-bond donors (Lipinski definition) is 0. The molecule has 1 aromatic rings. The van der Waals surface area contributed by atoms with E-state index >= 15 is 0 Å². The normalized spacial score (nSPS) is 34.1. The van der Waals surface area contributed by atoms with Crippen LogP contribution in [0.25, 0.3) is 0 Å². The summed E-state index contributed by atoms with van der Waals surface area (Å²) in [5.74, 6) is -1.68. The molecule has 7 nitrogen and oxygen atoms in total. The average molecular weight is 523 g/mol. The first-order chi connectivity index (χ1) is 17.8. The Morgan fingerprint density at radius 3 is 2.45 bits per heavy atom. The lowest BCUT2D eigenvalue weighted by molar-refractivity contribution is -0.178.